The van der Waals surface area contributed by atoms with Crippen molar-refractivity contribution in [3.8, 4) is 0 Å². The molecule has 2 heterocycles. The molecule has 0 aliphatic rings. The summed E-state index contributed by atoms with van der Waals surface area (Å²) >= 11 is 0. The van der Waals surface area contributed by atoms with Crippen molar-refractivity contribution in [3.63, 3.8) is 0 Å². The van der Waals surface area contributed by atoms with E-state index in [1.54, 1.807) is 4.52 Å². The molecule has 19 heavy (non-hydrogen) atoms. The molecule has 0 aliphatic carbocycles. The zero-order valence-electron chi connectivity index (χ0n) is 10.4. The number of hydrogen-bond acceptors (Lipinski definition) is 1. The first-order valence-corrected chi connectivity index (χ1v) is 6.20. The highest BCUT2D eigenvalue weighted by Crippen LogP contribution is 2.13. The molecule has 0 amide bonds. The van der Waals surface area contributed by atoms with Gasteiger partial charge in [0.25, 0.3) is 0 Å². The van der Waals surface area contributed by atoms with Crippen LogP contribution in [0, 0.1) is 6.92 Å². The normalized spacial score (nSPS) is 11.6. The number of aromatic nitrogens is 3. The van der Waals surface area contributed by atoms with E-state index in [-0.39, 0.29) is 5.56 Å². The van der Waals surface area contributed by atoms with Crippen LogP contribution in [0.1, 0.15) is 5.69 Å². The summed E-state index contributed by atoms with van der Waals surface area (Å²) < 4.78 is 3.50. The quantitative estimate of drug-likeness (QED) is 0.475. The minimum Gasteiger partial charge on any atom is -0.263 e. The number of nitrogens with one attached hydrogen (secondary N) is 1. The lowest BCUT2D eigenvalue weighted by molar-refractivity contribution is -0.679. The number of para-hydroxylation sites is 2. The fourth-order valence-electron chi connectivity index (χ4n) is 2.67. The first-order chi connectivity index (χ1) is 9.27. The van der Waals surface area contributed by atoms with Gasteiger partial charge < -0.3 is 0 Å². The number of aromatic amines is 1. The van der Waals surface area contributed by atoms with Crippen molar-refractivity contribution in [2.45, 2.75) is 6.92 Å². The molecule has 92 valence electrons. The van der Waals surface area contributed by atoms with Crippen molar-refractivity contribution in [2.75, 3.05) is 0 Å². The Bertz CT molecular complexity index is 995. The molecule has 0 saturated carbocycles. The molecule has 0 radical (unpaired) electrons. The largest absolute Gasteiger partial charge is 0.317 e. The molecule has 2 aromatic heterocycles. The molecule has 0 aliphatic heterocycles. The lowest BCUT2D eigenvalue weighted by atomic mass is 10.1. The highest BCUT2D eigenvalue weighted by molar-refractivity contribution is 5.83. The van der Waals surface area contributed by atoms with Gasteiger partial charge in [0.2, 0.25) is 5.69 Å². The molecular formula is C15H12N3O+. The molecule has 0 fully saturated rings. The number of hydrogen-bond donors (Lipinski definition) is 1. The molecular weight excluding hydrogens is 238 g/mol. The summed E-state index contributed by atoms with van der Waals surface area (Å²) in [6.45, 7) is 2.01. The van der Waals surface area contributed by atoms with Gasteiger partial charge in [0.15, 0.2) is 0 Å². The van der Waals surface area contributed by atoms with Gasteiger partial charge in [-0.25, -0.2) is 0 Å². The van der Waals surface area contributed by atoms with Crippen LogP contribution in [0.25, 0.3) is 21.8 Å². The zero-order chi connectivity index (χ0) is 13.0. The summed E-state index contributed by atoms with van der Waals surface area (Å²) in [5, 5.41) is 4.98. The van der Waals surface area contributed by atoms with E-state index in [0.717, 1.165) is 27.5 Å². The average Bonchev–Trinajstić information content (AvgIpc) is 2.84. The molecule has 0 unspecified atom stereocenters. The minimum atomic E-state index is -0.00125. The third-order valence-electron chi connectivity index (χ3n) is 3.62. The number of rotatable bonds is 0. The molecule has 1 N–H and O–H groups in total. The molecule has 4 nitrogen and oxygen atoms in total. The Morgan fingerprint density at radius 2 is 1.68 bits per heavy atom. The monoisotopic (exact) mass is 250 g/mol. The Hall–Kier alpha value is -2.62. The molecule has 0 atom stereocenters. The van der Waals surface area contributed by atoms with Crippen LogP contribution in [0.4, 0.5) is 0 Å². The summed E-state index contributed by atoms with van der Waals surface area (Å²) in [6, 6.07) is 15.5. The molecule has 2 aromatic carbocycles. The van der Waals surface area contributed by atoms with Crippen LogP contribution in [0.2, 0.25) is 0 Å². The summed E-state index contributed by atoms with van der Waals surface area (Å²) in [7, 11) is 0. The van der Waals surface area contributed by atoms with Crippen LogP contribution in [-0.2, 0) is 0 Å². The van der Waals surface area contributed by atoms with E-state index in [1.807, 2.05) is 60.1 Å². The van der Waals surface area contributed by atoms with E-state index in [2.05, 4.69) is 5.10 Å². The lowest BCUT2D eigenvalue weighted by Gasteiger charge is -1.97. The molecule has 4 rings (SSSR count). The van der Waals surface area contributed by atoms with Crippen molar-refractivity contribution >= 4 is 21.8 Å². The Morgan fingerprint density at radius 1 is 1.00 bits per heavy atom. The predicted octanol–water partition coefficient (Wildman–Crippen LogP) is 1.83. The summed E-state index contributed by atoms with van der Waals surface area (Å²) in [5.74, 6) is 0. The fourth-order valence-corrected chi connectivity index (χ4v) is 2.67. The topological polar surface area (TPSA) is 41.4 Å². The van der Waals surface area contributed by atoms with Crippen molar-refractivity contribution in [2.24, 2.45) is 0 Å². The Morgan fingerprint density at radius 3 is 2.53 bits per heavy atom. The van der Waals surface area contributed by atoms with Gasteiger partial charge in [0.05, 0.1) is 10.8 Å². The van der Waals surface area contributed by atoms with Crippen LogP contribution in [0.5, 0.6) is 0 Å². The number of H-pyrrole nitrogens is 1. The van der Waals surface area contributed by atoms with Gasteiger partial charge in [0.1, 0.15) is 11.0 Å². The van der Waals surface area contributed by atoms with Crippen molar-refractivity contribution in [1.29, 1.82) is 0 Å². The highest BCUT2D eigenvalue weighted by atomic mass is 16.1. The SMILES string of the molecule is Cc1c2ccccc2c(=O)n2c3ccccc3[nH][n+]12. The Kier molecular flexibility index (Phi) is 1.87. The van der Waals surface area contributed by atoms with E-state index in [0.29, 0.717) is 0 Å². The maximum atomic E-state index is 12.6. The molecule has 0 bridgehead atoms. The maximum Gasteiger partial charge on any atom is 0.317 e. The summed E-state index contributed by atoms with van der Waals surface area (Å²) in [4.78, 5) is 12.6. The van der Waals surface area contributed by atoms with Crippen molar-refractivity contribution < 1.29 is 4.63 Å². The zero-order valence-corrected chi connectivity index (χ0v) is 10.4. The van der Waals surface area contributed by atoms with Crippen LogP contribution in [0.15, 0.2) is 53.3 Å². The van der Waals surface area contributed by atoms with Gasteiger partial charge in [-0.1, -0.05) is 24.3 Å². The van der Waals surface area contributed by atoms with E-state index in [1.165, 1.54) is 0 Å². The van der Waals surface area contributed by atoms with Gasteiger partial charge in [-0.3, -0.25) is 4.79 Å². The number of fused-ring (bicyclic) bond motifs is 4. The first-order valence-electron chi connectivity index (χ1n) is 6.20. The second-order valence-electron chi connectivity index (χ2n) is 4.69. The van der Waals surface area contributed by atoms with Crippen molar-refractivity contribution in [3.05, 3.63) is 64.6 Å². The Balaban J connectivity index is 2.44. The standard InChI is InChI=1S/C15H11N3O/c1-10-11-6-2-3-7-12(11)15(19)17-14-9-5-4-8-13(14)16-18(10)17/h2-9H,1H3/p+1. The second-order valence-corrected chi connectivity index (χ2v) is 4.69. The van der Waals surface area contributed by atoms with E-state index >= 15 is 0 Å². The molecule has 4 heteroatoms. The third-order valence-corrected chi connectivity index (χ3v) is 3.62. The van der Waals surface area contributed by atoms with Gasteiger partial charge >= 0.3 is 5.56 Å². The summed E-state index contributed by atoms with van der Waals surface area (Å²) in [5.41, 5.74) is 2.86. The third kappa shape index (κ3) is 1.23. The number of nitrogens with zero attached hydrogens (tertiary/aromatic N) is 2. The van der Waals surface area contributed by atoms with E-state index in [4.69, 9.17) is 0 Å². The van der Waals surface area contributed by atoms with E-state index < -0.39 is 0 Å². The smallest absolute Gasteiger partial charge is 0.263 e. The molecule has 0 saturated heterocycles. The minimum absolute atomic E-state index is 0.00125. The second kappa shape index (κ2) is 3.45. The summed E-state index contributed by atoms with van der Waals surface area (Å²) in [6.07, 6.45) is 0. The molecule has 4 aromatic rings. The van der Waals surface area contributed by atoms with Crippen LogP contribution < -0.4 is 10.2 Å². The average molecular weight is 250 g/mol. The van der Waals surface area contributed by atoms with Crippen molar-refractivity contribution in [1.82, 2.24) is 9.61 Å². The van der Waals surface area contributed by atoms with Gasteiger partial charge in [-0.05, 0) is 28.8 Å². The first kappa shape index (κ1) is 10.3. The number of aryl methyl sites for hydroxylation is 1. The fraction of sp³-hybridized carbons (Fsp3) is 0.0667. The molecule has 0 spiro atoms. The highest BCUT2D eigenvalue weighted by Gasteiger charge is 2.19. The Labute approximate surface area is 108 Å². The van der Waals surface area contributed by atoms with Gasteiger partial charge in [-0.15, -0.1) is 5.10 Å². The van der Waals surface area contributed by atoms with Gasteiger partial charge in [-0.2, -0.15) is 0 Å². The van der Waals surface area contributed by atoms with Crippen LogP contribution in [-0.4, -0.2) is 9.61 Å². The van der Waals surface area contributed by atoms with E-state index in [9.17, 15) is 4.79 Å². The predicted molar refractivity (Wildman–Crippen MR) is 73.4 cm³/mol. The van der Waals surface area contributed by atoms with Crippen LogP contribution in [0.3, 0.4) is 0 Å². The maximum absolute atomic E-state index is 12.6. The van der Waals surface area contributed by atoms with Crippen LogP contribution >= 0.6 is 0 Å². The number of benzene rings is 2. The lowest BCUT2D eigenvalue weighted by Crippen LogP contribution is -2.41. The van der Waals surface area contributed by atoms with Gasteiger partial charge in [0, 0.05) is 11.6 Å².